The lowest BCUT2D eigenvalue weighted by Gasteiger charge is -2.12. The monoisotopic (exact) mass is 315 g/mol. The van der Waals surface area contributed by atoms with Crippen LogP contribution in [0.3, 0.4) is 0 Å². The SMILES string of the molecule is COC(=O)Cc1ccc(S(=O)(=O)N[C@@H](C)C(=O)OC)cc1. The Morgan fingerprint density at radius 1 is 1.14 bits per heavy atom. The Morgan fingerprint density at radius 2 is 1.71 bits per heavy atom. The molecular weight excluding hydrogens is 298 g/mol. The summed E-state index contributed by atoms with van der Waals surface area (Å²) in [6, 6.07) is 4.73. The Labute approximate surface area is 123 Å². The number of ether oxygens (including phenoxy) is 2. The molecule has 1 aromatic rings. The van der Waals surface area contributed by atoms with Crippen LogP contribution in [0, 0.1) is 0 Å². The summed E-state index contributed by atoms with van der Waals surface area (Å²) >= 11 is 0. The predicted molar refractivity (Wildman–Crippen MR) is 74.0 cm³/mol. The lowest BCUT2D eigenvalue weighted by Crippen LogP contribution is -2.39. The van der Waals surface area contributed by atoms with Gasteiger partial charge in [-0.3, -0.25) is 9.59 Å². The van der Waals surface area contributed by atoms with E-state index in [1.807, 2.05) is 0 Å². The van der Waals surface area contributed by atoms with Crippen LogP contribution in [0.1, 0.15) is 12.5 Å². The summed E-state index contributed by atoms with van der Waals surface area (Å²) in [5.74, 6) is -1.09. The van der Waals surface area contributed by atoms with Crippen LogP contribution in [-0.4, -0.2) is 40.6 Å². The van der Waals surface area contributed by atoms with E-state index in [4.69, 9.17) is 0 Å². The molecule has 1 rings (SSSR count). The molecule has 7 nitrogen and oxygen atoms in total. The molecule has 0 fully saturated rings. The minimum absolute atomic E-state index is 0.00753. The van der Waals surface area contributed by atoms with E-state index in [0.717, 1.165) is 0 Å². The maximum Gasteiger partial charge on any atom is 0.323 e. The molecule has 0 spiro atoms. The Bertz CT molecular complexity index is 608. The highest BCUT2D eigenvalue weighted by Gasteiger charge is 2.22. The number of carbonyl (C=O) groups excluding carboxylic acids is 2. The van der Waals surface area contributed by atoms with E-state index < -0.39 is 28.0 Å². The molecule has 1 N–H and O–H groups in total. The molecule has 0 heterocycles. The number of benzene rings is 1. The van der Waals surface area contributed by atoms with Crippen LogP contribution >= 0.6 is 0 Å². The minimum atomic E-state index is -3.83. The molecule has 0 amide bonds. The van der Waals surface area contributed by atoms with Crippen molar-refractivity contribution in [1.29, 1.82) is 0 Å². The molecule has 0 unspecified atom stereocenters. The van der Waals surface area contributed by atoms with Gasteiger partial charge in [0.05, 0.1) is 25.5 Å². The fourth-order valence-corrected chi connectivity index (χ4v) is 2.74. The topological polar surface area (TPSA) is 98.8 Å². The quantitative estimate of drug-likeness (QED) is 0.755. The standard InChI is InChI=1S/C13H17NO6S/c1-9(13(16)20-3)14-21(17,18)11-6-4-10(5-7-11)8-12(15)19-2/h4-7,9,14H,8H2,1-3H3/t9-/m0/s1. The van der Waals surface area contributed by atoms with E-state index >= 15 is 0 Å². The lowest BCUT2D eigenvalue weighted by molar-refractivity contribution is -0.142. The molecule has 116 valence electrons. The summed E-state index contributed by atoms with van der Waals surface area (Å²) in [6.07, 6.45) is 0.0584. The molecule has 0 saturated heterocycles. The van der Waals surface area contributed by atoms with Gasteiger partial charge in [0, 0.05) is 0 Å². The predicted octanol–water partition coefficient (Wildman–Crippen LogP) is 0.242. The van der Waals surface area contributed by atoms with E-state index in [1.165, 1.54) is 45.4 Å². The largest absolute Gasteiger partial charge is 0.469 e. The van der Waals surface area contributed by atoms with E-state index in [-0.39, 0.29) is 11.3 Å². The number of carbonyl (C=O) groups is 2. The number of rotatable bonds is 6. The zero-order valence-corrected chi connectivity index (χ0v) is 12.8. The Morgan fingerprint density at radius 3 is 2.19 bits per heavy atom. The van der Waals surface area contributed by atoms with Gasteiger partial charge in [0.1, 0.15) is 6.04 Å². The van der Waals surface area contributed by atoms with Gasteiger partial charge in [0.2, 0.25) is 10.0 Å². The Balaban J connectivity index is 2.85. The van der Waals surface area contributed by atoms with Crippen LogP contribution in [0.4, 0.5) is 0 Å². The van der Waals surface area contributed by atoms with Crippen molar-refractivity contribution in [2.45, 2.75) is 24.3 Å². The first-order valence-corrected chi connectivity index (χ1v) is 7.54. The van der Waals surface area contributed by atoms with Crippen molar-refractivity contribution in [3.8, 4) is 0 Å². The molecule has 1 atom stereocenters. The maximum absolute atomic E-state index is 12.0. The summed E-state index contributed by atoms with van der Waals surface area (Å²) in [5.41, 5.74) is 0.627. The van der Waals surface area contributed by atoms with Gasteiger partial charge < -0.3 is 9.47 Å². The highest BCUT2D eigenvalue weighted by atomic mass is 32.2. The second-order valence-corrected chi connectivity index (χ2v) is 5.98. The highest BCUT2D eigenvalue weighted by Crippen LogP contribution is 2.12. The molecule has 8 heteroatoms. The number of hydrogen-bond acceptors (Lipinski definition) is 6. The summed E-state index contributed by atoms with van der Waals surface area (Å²) in [7, 11) is -1.38. The molecule has 0 saturated carbocycles. The first-order chi connectivity index (χ1) is 9.80. The van der Waals surface area contributed by atoms with Crippen molar-refractivity contribution in [3.05, 3.63) is 29.8 Å². The second-order valence-electron chi connectivity index (χ2n) is 4.26. The highest BCUT2D eigenvalue weighted by molar-refractivity contribution is 7.89. The van der Waals surface area contributed by atoms with Gasteiger partial charge in [-0.05, 0) is 24.6 Å². The first-order valence-electron chi connectivity index (χ1n) is 6.06. The van der Waals surface area contributed by atoms with Gasteiger partial charge in [-0.15, -0.1) is 0 Å². The van der Waals surface area contributed by atoms with Gasteiger partial charge >= 0.3 is 11.9 Å². The molecule has 21 heavy (non-hydrogen) atoms. The second kappa shape index (κ2) is 7.19. The summed E-state index contributed by atoms with van der Waals surface area (Å²) in [4.78, 5) is 22.3. The average Bonchev–Trinajstić information content (AvgIpc) is 2.46. The van der Waals surface area contributed by atoms with Crippen LogP contribution in [0.15, 0.2) is 29.2 Å². The molecule has 0 aliphatic rings. The smallest absolute Gasteiger partial charge is 0.323 e. The third-order valence-corrected chi connectivity index (χ3v) is 4.25. The number of hydrogen-bond donors (Lipinski definition) is 1. The van der Waals surface area contributed by atoms with E-state index in [9.17, 15) is 18.0 Å². The molecule has 0 radical (unpaired) electrons. The van der Waals surface area contributed by atoms with E-state index in [2.05, 4.69) is 14.2 Å². The van der Waals surface area contributed by atoms with Crippen molar-refractivity contribution in [2.75, 3.05) is 14.2 Å². The third-order valence-electron chi connectivity index (χ3n) is 2.70. The summed E-state index contributed by atoms with van der Waals surface area (Å²) < 4.78 is 35.3. The number of sulfonamides is 1. The molecule has 0 aliphatic carbocycles. The van der Waals surface area contributed by atoms with Crippen molar-refractivity contribution < 1.29 is 27.5 Å². The summed E-state index contributed by atoms with van der Waals surface area (Å²) in [6.45, 7) is 1.38. The van der Waals surface area contributed by atoms with Crippen molar-refractivity contribution >= 4 is 22.0 Å². The lowest BCUT2D eigenvalue weighted by atomic mass is 10.2. The van der Waals surface area contributed by atoms with E-state index in [1.54, 1.807) is 0 Å². The van der Waals surface area contributed by atoms with Crippen LogP contribution in [0.25, 0.3) is 0 Å². The van der Waals surface area contributed by atoms with Crippen molar-refractivity contribution in [1.82, 2.24) is 4.72 Å². The molecule has 0 bridgehead atoms. The third kappa shape index (κ3) is 4.83. The zero-order valence-electron chi connectivity index (χ0n) is 12.0. The van der Waals surface area contributed by atoms with Crippen LogP contribution < -0.4 is 4.72 Å². The van der Waals surface area contributed by atoms with Crippen LogP contribution in [0.2, 0.25) is 0 Å². The van der Waals surface area contributed by atoms with Gasteiger partial charge in [-0.1, -0.05) is 12.1 Å². The fourth-order valence-electron chi connectivity index (χ4n) is 1.55. The minimum Gasteiger partial charge on any atom is -0.469 e. The average molecular weight is 315 g/mol. The van der Waals surface area contributed by atoms with Gasteiger partial charge in [0.25, 0.3) is 0 Å². The van der Waals surface area contributed by atoms with Gasteiger partial charge in [-0.25, -0.2) is 8.42 Å². The maximum atomic E-state index is 12.0. The zero-order chi connectivity index (χ0) is 16.0. The Kier molecular flexibility index (Phi) is 5.86. The Hall–Kier alpha value is -1.93. The molecule has 1 aromatic carbocycles. The normalized spacial score (nSPS) is 12.5. The van der Waals surface area contributed by atoms with Crippen molar-refractivity contribution in [2.24, 2.45) is 0 Å². The number of methoxy groups -OCH3 is 2. The fraction of sp³-hybridized carbons (Fsp3) is 0.385. The van der Waals surface area contributed by atoms with Gasteiger partial charge in [-0.2, -0.15) is 4.72 Å². The first kappa shape index (κ1) is 17.1. The van der Waals surface area contributed by atoms with Crippen LogP contribution in [-0.2, 0) is 35.5 Å². The number of nitrogens with one attached hydrogen (secondary N) is 1. The molecular formula is C13H17NO6S. The van der Waals surface area contributed by atoms with Crippen molar-refractivity contribution in [3.63, 3.8) is 0 Å². The summed E-state index contributed by atoms with van der Waals surface area (Å²) in [5, 5.41) is 0. The molecule has 0 aromatic heterocycles. The van der Waals surface area contributed by atoms with E-state index in [0.29, 0.717) is 5.56 Å². The molecule has 0 aliphatic heterocycles. The van der Waals surface area contributed by atoms with Crippen LogP contribution in [0.5, 0.6) is 0 Å². The van der Waals surface area contributed by atoms with Gasteiger partial charge in [0.15, 0.2) is 0 Å². The number of esters is 2.